The maximum Gasteiger partial charge on any atom is 0.343 e. The lowest BCUT2D eigenvalue weighted by Crippen LogP contribution is -2.63. The van der Waals surface area contributed by atoms with E-state index >= 15 is 0 Å². The summed E-state index contributed by atoms with van der Waals surface area (Å²) in [6.07, 6.45) is -6.93. The number of hydrogen-bond donors (Lipinski definition) is 0. The molecule has 15 nitrogen and oxygen atoms in total. The fraction of sp³-hybridized carbons (Fsp3) is 0.351. The Labute approximate surface area is 296 Å². The van der Waals surface area contributed by atoms with Crippen molar-refractivity contribution in [3.8, 4) is 33.9 Å². The Hall–Kier alpha value is -5.96. The predicted octanol–water partition coefficient (Wildman–Crippen LogP) is 3.89. The first-order valence-electron chi connectivity index (χ1n) is 16.0. The van der Waals surface area contributed by atoms with Crippen LogP contribution < -0.4 is 14.9 Å². The van der Waals surface area contributed by atoms with Gasteiger partial charge in [-0.05, 0) is 54.4 Å². The molecule has 15 heteroatoms. The molecule has 2 heterocycles. The number of hydrogen-bond acceptors (Lipinski definition) is 15. The lowest BCUT2D eigenvalue weighted by molar-refractivity contribution is -0.288. The largest absolute Gasteiger partial charge is 0.482 e. The first-order chi connectivity index (χ1) is 24.7. The lowest BCUT2D eigenvalue weighted by atomic mass is 9.91. The maximum absolute atomic E-state index is 12.4. The van der Waals surface area contributed by atoms with Gasteiger partial charge in [-0.2, -0.15) is 0 Å². The molecule has 1 aliphatic carbocycles. The first-order valence-corrected chi connectivity index (χ1v) is 16.0. The Kier molecular flexibility index (Phi) is 11.4. The molecule has 0 saturated carbocycles. The quantitative estimate of drug-likeness (QED) is 0.123. The van der Waals surface area contributed by atoms with Crippen LogP contribution in [0.2, 0.25) is 0 Å². The SMILES string of the molecule is COC(=O)COc1ccc(-c2c3ccc(=O)cc-3oc3cc(O[C@@H]4OC(COC(C)=O)[C@H](OC(C)=O)[C@H](OC(C)=O)C4OC(C)=O)ccc23)c(C)c1. The predicted molar refractivity (Wildman–Crippen MR) is 179 cm³/mol. The molecule has 2 aromatic rings. The van der Waals surface area contributed by atoms with Gasteiger partial charge in [0, 0.05) is 56.3 Å². The normalized spacial score (nSPS) is 19.7. The van der Waals surface area contributed by atoms with Crippen molar-refractivity contribution < 1.29 is 66.3 Å². The third-order valence-electron chi connectivity index (χ3n) is 7.92. The molecule has 0 N–H and O–H groups in total. The Bertz CT molecular complexity index is 2030. The third kappa shape index (κ3) is 8.66. The summed E-state index contributed by atoms with van der Waals surface area (Å²) in [7, 11) is 1.27. The summed E-state index contributed by atoms with van der Waals surface area (Å²) < 4.78 is 50.3. The third-order valence-corrected chi connectivity index (χ3v) is 7.92. The molecule has 0 radical (unpaired) electrons. The molecule has 5 atom stereocenters. The van der Waals surface area contributed by atoms with Gasteiger partial charge >= 0.3 is 29.8 Å². The van der Waals surface area contributed by atoms with Gasteiger partial charge in [-0.15, -0.1) is 0 Å². The summed E-state index contributed by atoms with van der Waals surface area (Å²) >= 11 is 0. The number of carbonyl (C=O) groups is 5. The zero-order chi connectivity index (χ0) is 37.7. The average molecular weight is 721 g/mol. The van der Waals surface area contributed by atoms with Crippen LogP contribution >= 0.6 is 0 Å². The van der Waals surface area contributed by atoms with Crippen molar-refractivity contribution in [2.45, 2.75) is 65.3 Å². The molecule has 2 unspecified atom stereocenters. The molecule has 274 valence electrons. The van der Waals surface area contributed by atoms with Crippen molar-refractivity contribution in [1.29, 1.82) is 0 Å². The molecule has 5 rings (SSSR count). The van der Waals surface area contributed by atoms with E-state index in [1.54, 1.807) is 30.3 Å². The van der Waals surface area contributed by atoms with Crippen LogP contribution in [0.25, 0.3) is 33.4 Å². The second kappa shape index (κ2) is 15.9. The van der Waals surface area contributed by atoms with Gasteiger partial charge < -0.3 is 42.3 Å². The number of ether oxygens (including phenoxy) is 8. The van der Waals surface area contributed by atoms with Crippen LogP contribution in [-0.2, 0) is 52.4 Å². The van der Waals surface area contributed by atoms with E-state index < -0.39 is 67.2 Å². The van der Waals surface area contributed by atoms with Gasteiger partial charge in [0.2, 0.25) is 12.4 Å². The van der Waals surface area contributed by atoms with Crippen molar-refractivity contribution in [3.63, 3.8) is 0 Å². The number of carbonyl (C=O) groups excluding carboxylic acids is 5. The number of methoxy groups -OCH3 is 1. The molecule has 1 fully saturated rings. The summed E-state index contributed by atoms with van der Waals surface area (Å²) in [4.78, 5) is 72.3. The number of rotatable bonds is 11. The van der Waals surface area contributed by atoms with Gasteiger partial charge in [0.15, 0.2) is 24.2 Å². The Balaban J connectivity index is 1.58. The van der Waals surface area contributed by atoms with Gasteiger partial charge in [0.05, 0.1) is 7.11 Å². The lowest BCUT2D eigenvalue weighted by Gasteiger charge is -2.43. The second-order valence-electron chi connectivity index (χ2n) is 11.8. The van der Waals surface area contributed by atoms with E-state index in [-0.39, 0.29) is 23.5 Å². The molecular weight excluding hydrogens is 684 g/mol. The Morgan fingerprint density at radius 2 is 1.38 bits per heavy atom. The highest BCUT2D eigenvalue weighted by molar-refractivity contribution is 6.02. The minimum absolute atomic E-state index is 0.143. The monoisotopic (exact) mass is 720 g/mol. The molecule has 52 heavy (non-hydrogen) atoms. The number of fused-ring (bicyclic) bond motifs is 2. The van der Waals surface area contributed by atoms with Crippen LogP contribution in [0.4, 0.5) is 0 Å². The molecular formula is C37H36O15. The molecule has 0 amide bonds. The smallest absolute Gasteiger partial charge is 0.343 e. The fourth-order valence-electron chi connectivity index (χ4n) is 5.84. The van der Waals surface area contributed by atoms with Gasteiger partial charge in [0.25, 0.3) is 0 Å². The highest BCUT2D eigenvalue weighted by atomic mass is 16.7. The summed E-state index contributed by atoms with van der Waals surface area (Å²) in [5.74, 6) is -2.65. The van der Waals surface area contributed by atoms with E-state index in [2.05, 4.69) is 4.74 Å². The molecule has 3 aliphatic rings. The van der Waals surface area contributed by atoms with Crippen LogP contribution in [0.15, 0.2) is 63.8 Å². The van der Waals surface area contributed by atoms with Crippen molar-refractivity contribution in [2.24, 2.45) is 0 Å². The highest BCUT2D eigenvalue weighted by Crippen LogP contribution is 2.43. The van der Waals surface area contributed by atoms with Gasteiger partial charge in [-0.25, -0.2) is 4.79 Å². The van der Waals surface area contributed by atoms with Gasteiger partial charge in [-0.3, -0.25) is 24.0 Å². The highest BCUT2D eigenvalue weighted by Gasteiger charge is 2.53. The minimum Gasteiger partial charge on any atom is -0.482 e. The van der Waals surface area contributed by atoms with Crippen molar-refractivity contribution >= 4 is 40.8 Å². The van der Waals surface area contributed by atoms with E-state index in [1.807, 2.05) is 13.0 Å². The van der Waals surface area contributed by atoms with Crippen molar-refractivity contribution in [3.05, 3.63) is 70.4 Å². The van der Waals surface area contributed by atoms with Crippen LogP contribution in [0.5, 0.6) is 11.5 Å². The summed E-state index contributed by atoms with van der Waals surface area (Å²) in [6, 6.07) is 14.6. The van der Waals surface area contributed by atoms with E-state index in [9.17, 15) is 28.8 Å². The van der Waals surface area contributed by atoms with E-state index in [0.717, 1.165) is 37.5 Å². The van der Waals surface area contributed by atoms with Crippen LogP contribution in [-0.4, -0.2) is 80.9 Å². The van der Waals surface area contributed by atoms with E-state index in [0.29, 0.717) is 22.3 Å². The van der Waals surface area contributed by atoms with Crippen molar-refractivity contribution in [2.75, 3.05) is 20.3 Å². The molecule has 2 aliphatic heterocycles. The Morgan fingerprint density at radius 1 is 0.731 bits per heavy atom. The summed E-state index contributed by atoms with van der Waals surface area (Å²) in [5, 5.41) is 0.631. The van der Waals surface area contributed by atoms with Crippen LogP contribution in [0.3, 0.4) is 0 Å². The van der Waals surface area contributed by atoms with E-state index in [1.165, 1.54) is 32.2 Å². The molecule has 0 aromatic heterocycles. The molecule has 0 spiro atoms. The minimum atomic E-state index is -1.48. The zero-order valence-corrected chi connectivity index (χ0v) is 29.1. The summed E-state index contributed by atoms with van der Waals surface area (Å²) in [5.41, 5.74) is 2.96. The molecule has 2 aromatic carbocycles. The number of benzene rings is 3. The standard InChI is InChI=1S/C37H36O15/c1-18-13-24(46-17-32(43)44-6)8-11-26(18)33-27-10-7-23(42)14-29(27)51-30-15-25(9-12-28(30)33)50-37-36(49-22(5)41)35(48-21(4)40)34(47-20(3)39)31(52-37)16-45-19(2)38/h7-15,31,34-37H,16-17H2,1-6H3/t31?,34-,35-,36?,37+/m0/s1. The van der Waals surface area contributed by atoms with Crippen LogP contribution in [0.1, 0.15) is 33.3 Å². The maximum atomic E-state index is 12.4. The zero-order valence-electron chi connectivity index (χ0n) is 29.1. The Morgan fingerprint density at radius 3 is 2.04 bits per heavy atom. The van der Waals surface area contributed by atoms with Gasteiger partial charge in [-0.1, -0.05) is 6.07 Å². The molecule has 0 bridgehead atoms. The number of esters is 5. The molecule has 1 saturated heterocycles. The van der Waals surface area contributed by atoms with Gasteiger partial charge in [0.1, 0.15) is 35.6 Å². The first kappa shape index (κ1) is 37.3. The second-order valence-corrected chi connectivity index (χ2v) is 11.8. The van der Waals surface area contributed by atoms with Crippen molar-refractivity contribution in [1.82, 2.24) is 0 Å². The van der Waals surface area contributed by atoms with Crippen LogP contribution in [0, 0.1) is 6.92 Å². The number of aryl methyl sites for hydroxylation is 1. The average Bonchev–Trinajstić information content (AvgIpc) is 3.07. The summed E-state index contributed by atoms with van der Waals surface area (Å²) in [6.45, 7) is 5.71. The topological polar surface area (TPSA) is 189 Å². The fourth-order valence-corrected chi connectivity index (χ4v) is 5.84. The van der Waals surface area contributed by atoms with E-state index in [4.69, 9.17) is 37.6 Å².